The first kappa shape index (κ1) is 17.1. The van der Waals surface area contributed by atoms with Crippen LogP contribution in [-0.4, -0.2) is 5.84 Å². The van der Waals surface area contributed by atoms with Gasteiger partial charge in [-0.05, 0) is 54.7 Å². The van der Waals surface area contributed by atoms with Crippen LogP contribution < -0.4 is 5.32 Å². The molecule has 26 heavy (non-hydrogen) atoms. The standard InChI is InChI=1S/C22H22ClN3/c23-18-8-4-6-16(12-18)15-25-21-22(10-2-1-3-11-22)13-19-17(14-24)7-5-9-20(19)26-21/h4-9,12H,1-3,10-11,13,15H2,(H,25,26). The van der Waals surface area contributed by atoms with Gasteiger partial charge in [0.05, 0.1) is 18.2 Å². The fourth-order valence-electron chi connectivity index (χ4n) is 4.34. The third-order valence-corrected chi connectivity index (χ3v) is 5.92. The molecule has 4 heteroatoms. The van der Waals surface area contributed by atoms with Crippen LogP contribution in [0.15, 0.2) is 47.5 Å². The van der Waals surface area contributed by atoms with Crippen molar-refractivity contribution in [1.29, 1.82) is 5.26 Å². The number of rotatable bonds is 2. The highest BCUT2D eigenvalue weighted by Gasteiger charge is 2.41. The van der Waals surface area contributed by atoms with Crippen LogP contribution in [0, 0.1) is 16.7 Å². The number of fused-ring (bicyclic) bond motifs is 1. The van der Waals surface area contributed by atoms with Crippen molar-refractivity contribution >= 4 is 23.1 Å². The molecule has 1 fully saturated rings. The van der Waals surface area contributed by atoms with Gasteiger partial charge in [0.25, 0.3) is 0 Å². The molecular weight excluding hydrogens is 342 g/mol. The lowest BCUT2D eigenvalue weighted by molar-refractivity contribution is 0.278. The number of hydrogen-bond donors (Lipinski definition) is 1. The van der Waals surface area contributed by atoms with E-state index >= 15 is 0 Å². The van der Waals surface area contributed by atoms with E-state index in [4.69, 9.17) is 16.6 Å². The van der Waals surface area contributed by atoms with E-state index in [1.807, 2.05) is 30.3 Å². The van der Waals surface area contributed by atoms with Crippen LogP contribution in [0.5, 0.6) is 0 Å². The normalized spacial score (nSPS) is 19.6. The zero-order valence-corrected chi connectivity index (χ0v) is 15.5. The smallest absolute Gasteiger partial charge is 0.108 e. The molecule has 2 aromatic carbocycles. The summed E-state index contributed by atoms with van der Waals surface area (Å²) >= 11 is 6.11. The second-order valence-electron chi connectivity index (χ2n) is 7.38. The van der Waals surface area contributed by atoms with Crippen molar-refractivity contribution in [2.24, 2.45) is 10.4 Å². The molecule has 0 unspecified atom stereocenters. The summed E-state index contributed by atoms with van der Waals surface area (Å²) in [6.45, 7) is 0.623. The van der Waals surface area contributed by atoms with E-state index in [2.05, 4.69) is 23.5 Å². The molecule has 2 aromatic rings. The Balaban J connectivity index is 1.71. The number of amidine groups is 1. The molecule has 1 heterocycles. The van der Waals surface area contributed by atoms with Gasteiger partial charge in [0, 0.05) is 16.1 Å². The molecule has 0 saturated heterocycles. The number of nitrogens with one attached hydrogen (secondary N) is 1. The minimum Gasteiger partial charge on any atom is -0.343 e. The molecule has 1 aliphatic carbocycles. The zero-order valence-electron chi connectivity index (χ0n) is 14.8. The second-order valence-corrected chi connectivity index (χ2v) is 7.82. The molecule has 1 N–H and O–H groups in total. The first-order valence-corrected chi connectivity index (χ1v) is 9.66. The van der Waals surface area contributed by atoms with Crippen molar-refractivity contribution in [3.63, 3.8) is 0 Å². The SMILES string of the molecule is N#Cc1cccc2c1CC1(CCCCC1)C(=NCc1cccc(Cl)c1)N2. The predicted molar refractivity (Wildman–Crippen MR) is 107 cm³/mol. The van der Waals surface area contributed by atoms with E-state index in [9.17, 15) is 5.26 Å². The Bertz CT molecular complexity index is 889. The van der Waals surface area contributed by atoms with Crippen LogP contribution >= 0.6 is 11.6 Å². The largest absolute Gasteiger partial charge is 0.343 e. The maximum atomic E-state index is 9.50. The Labute approximate surface area is 159 Å². The van der Waals surface area contributed by atoms with Crippen molar-refractivity contribution in [2.45, 2.75) is 45.1 Å². The number of nitriles is 1. The summed E-state index contributed by atoms with van der Waals surface area (Å²) in [5, 5.41) is 13.8. The number of halogens is 1. The minimum absolute atomic E-state index is 0.0385. The lowest BCUT2D eigenvalue weighted by Gasteiger charge is -2.43. The van der Waals surface area contributed by atoms with Crippen molar-refractivity contribution in [2.75, 3.05) is 5.32 Å². The molecule has 0 radical (unpaired) electrons. The summed E-state index contributed by atoms with van der Waals surface area (Å²) in [6, 6.07) is 16.2. The quantitative estimate of drug-likeness (QED) is 0.740. The van der Waals surface area contributed by atoms with Gasteiger partial charge in [-0.25, -0.2) is 0 Å². The van der Waals surface area contributed by atoms with Gasteiger partial charge in [-0.1, -0.05) is 49.1 Å². The molecular formula is C22H22ClN3. The zero-order chi connectivity index (χ0) is 18.0. The Morgan fingerprint density at radius 1 is 1.12 bits per heavy atom. The van der Waals surface area contributed by atoms with Crippen LogP contribution in [0.1, 0.15) is 48.8 Å². The lowest BCUT2D eigenvalue weighted by Crippen LogP contribution is -2.43. The Kier molecular flexibility index (Phi) is 4.70. The van der Waals surface area contributed by atoms with Gasteiger partial charge < -0.3 is 5.32 Å². The summed E-state index contributed by atoms with van der Waals surface area (Å²) in [5.41, 5.74) is 4.13. The van der Waals surface area contributed by atoms with Gasteiger partial charge in [0.15, 0.2) is 0 Å². The van der Waals surface area contributed by atoms with Gasteiger partial charge in [0.2, 0.25) is 0 Å². The van der Waals surface area contributed by atoms with E-state index in [0.717, 1.165) is 52.5 Å². The topological polar surface area (TPSA) is 48.2 Å². The number of anilines is 1. The first-order chi connectivity index (χ1) is 12.7. The van der Waals surface area contributed by atoms with E-state index in [1.165, 1.54) is 19.3 Å². The van der Waals surface area contributed by atoms with Crippen molar-refractivity contribution in [1.82, 2.24) is 0 Å². The number of nitrogens with zero attached hydrogens (tertiary/aromatic N) is 2. The van der Waals surface area contributed by atoms with Crippen LogP contribution in [0.3, 0.4) is 0 Å². The second kappa shape index (κ2) is 7.13. The maximum Gasteiger partial charge on any atom is 0.108 e. The van der Waals surface area contributed by atoms with E-state index in [0.29, 0.717) is 6.54 Å². The van der Waals surface area contributed by atoms with Crippen LogP contribution in [0.4, 0.5) is 5.69 Å². The highest BCUT2D eigenvalue weighted by atomic mass is 35.5. The number of hydrogen-bond acceptors (Lipinski definition) is 2. The molecule has 1 saturated carbocycles. The summed E-state index contributed by atoms with van der Waals surface area (Å²) in [6.07, 6.45) is 6.91. The fraction of sp³-hybridized carbons (Fsp3) is 0.364. The fourth-order valence-corrected chi connectivity index (χ4v) is 4.55. The van der Waals surface area contributed by atoms with Gasteiger partial charge >= 0.3 is 0 Å². The molecule has 3 nitrogen and oxygen atoms in total. The molecule has 1 spiro atoms. The Hall–Kier alpha value is -2.31. The van der Waals surface area contributed by atoms with Crippen LogP contribution in [0.2, 0.25) is 5.02 Å². The summed E-state index contributed by atoms with van der Waals surface area (Å²) in [7, 11) is 0. The lowest BCUT2D eigenvalue weighted by atomic mass is 9.67. The Morgan fingerprint density at radius 2 is 1.92 bits per heavy atom. The average molecular weight is 364 g/mol. The Morgan fingerprint density at radius 3 is 2.69 bits per heavy atom. The molecule has 132 valence electrons. The minimum atomic E-state index is 0.0385. The monoisotopic (exact) mass is 363 g/mol. The van der Waals surface area contributed by atoms with Gasteiger partial charge in [-0.3, -0.25) is 4.99 Å². The highest BCUT2D eigenvalue weighted by molar-refractivity contribution is 6.30. The molecule has 2 aliphatic rings. The van der Waals surface area contributed by atoms with Crippen molar-refractivity contribution in [3.05, 3.63) is 64.2 Å². The molecule has 0 aromatic heterocycles. The first-order valence-electron chi connectivity index (χ1n) is 9.29. The van der Waals surface area contributed by atoms with E-state index in [-0.39, 0.29) is 5.41 Å². The maximum absolute atomic E-state index is 9.50. The molecule has 4 rings (SSSR count). The summed E-state index contributed by atoms with van der Waals surface area (Å²) < 4.78 is 0. The summed E-state index contributed by atoms with van der Waals surface area (Å²) in [5.74, 6) is 1.08. The highest BCUT2D eigenvalue weighted by Crippen LogP contribution is 2.45. The molecule has 0 bridgehead atoms. The third kappa shape index (κ3) is 3.22. The molecule has 0 atom stereocenters. The van der Waals surface area contributed by atoms with Crippen molar-refractivity contribution in [3.8, 4) is 6.07 Å². The van der Waals surface area contributed by atoms with Crippen molar-refractivity contribution < 1.29 is 0 Å². The van der Waals surface area contributed by atoms with Crippen LogP contribution in [0.25, 0.3) is 0 Å². The number of aliphatic imine (C=N–C) groups is 1. The van der Waals surface area contributed by atoms with E-state index < -0.39 is 0 Å². The predicted octanol–water partition coefficient (Wildman–Crippen LogP) is 5.73. The molecule has 0 amide bonds. The third-order valence-electron chi connectivity index (χ3n) is 5.69. The van der Waals surface area contributed by atoms with E-state index in [1.54, 1.807) is 0 Å². The molecule has 1 aliphatic heterocycles. The van der Waals surface area contributed by atoms with Gasteiger partial charge in [0.1, 0.15) is 5.84 Å². The van der Waals surface area contributed by atoms with Gasteiger partial charge in [-0.15, -0.1) is 0 Å². The number of benzene rings is 2. The average Bonchev–Trinajstić information content (AvgIpc) is 2.67. The van der Waals surface area contributed by atoms with Gasteiger partial charge in [-0.2, -0.15) is 5.26 Å². The van der Waals surface area contributed by atoms with Crippen LogP contribution in [-0.2, 0) is 13.0 Å². The summed E-state index contributed by atoms with van der Waals surface area (Å²) in [4.78, 5) is 4.99.